The Labute approximate surface area is 153 Å². The summed E-state index contributed by atoms with van der Waals surface area (Å²) < 4.78 is 40.5. The van der Waals surface area contributed by atoms with Crippen molar-refractivity contribution in [2.24, 2.45) is 0 Å². The van der Waals surface area contributed by atoms with Crippen molar-refractivity contribution >= 4 is 15.9 Å². The van der Waals surface area contributed by atoms with Gasteiger partial charge in [-0.3, -0.25) is 4.79 Å². The molecule has 0 aliphatic rings. The molecule has 0 aliphatic heterocycles. The Bertz CT molecular complexity index is 893. The first-order valence-corrected chi connectivity index (χ1v) is 9.87. The van der Waals surface area contributed by atoms with Crippen LogP contribution in [0, 0.1) is 12.7 Å². The molecule has 26 heavy (non-hydrogen) atoms. The number of halogens is 1. The van der Waals surface area contributed by atoms with Gasteiger partial charge in [-0.05, 0) is 30.7 Å². The van der Waals surface area contributed by atoms with E-state index < -0.39 is 21.7 Å². The van der Waals surface area contributed by atoms with E-state index in [1.807, 2.05) is 0 Å². The normalized spacial score (nSPS) is 11.6. The summed E-state index contributed by atoms with van der Waals surface area (Å²) in [4.78, 5) is 12.5. The van der Waals surface area contributed by atoms with Crippen LogP contribution in [0.4, 0.5) is 4.39 Å². The van der Waals surface area contributed by atoms with Crippen LogP contribution in [0.15, 0.2) is 47.4 Å². The number of carbonyl (C=O) groups excluding carboxylic acids is 1. The summed E-state index contributed by atoms with van der Waals surface area (Å²) >= 11 is 0. The molecule has 2 rings (SSSR count). The van der Waals surface area contributed by atoms with Crippen LogP contribution < -0.4 is 5.32 Å². The van der Waals surface area contributed by atoms with Gasteiger partial charge < -0.3 is 5.32 Å². The zero-order valence-corrected chi connectivity index (χ0v) is 15.9. The monoisotopic (exact) mass is 378 g/mol. The quantitative estimate of drug-likeness (QED) is 0.805. The van der Waals surface area contributed by atoms with Gasteiger partial charge in [0, 0.05) is 30.8 Å². The number of amides is 1. The smallest absolute Gasteiger partial charge is 0.251 e. The molecule has 0 aliphatic carbocycles. The van der Waals surface area contributed by atoms with Crippen molar-refractivity contribution in [3.63, 3.8) is 0 Å². The van der Waals surface area contributed by atoms with Crippen LogP contribution in [0.1, 0.15) is 35.3 Å². The highest BCUT2D eigenvalue weighted by atomic mass is 32.2. The number of nitrogens with one attached hydrogen (secondary N) is 1. The van der Waals surface area contributed by atoms with Gasteiger partial charge in [0.05, 0.1) is 4.90 Å². The Morgan fingerprint density at radius 2 is 1.77 bits per heavy atom. The predicted octanol–water partition coefficient (Wildman–Crippen LogP) is 3.09. The SMILES string of the molecule is CCN(CC)S(=O)(=O)c1cc(C(=O)NCc2ccccc2F)ccc1C. The molecule has 0 radical (unpaired) electrons. The molecule has 0 atom stereocenters. The summed E-state index contributed by atoms with van der Waals surface area (Å²) in [7, 11) is -3.67. The van der Waals surface area contributed by atoms with Gasteiger partial charge in [0.2, 0.25) is 10.0 Å². The molecule has 1 N–H and O–H groups in total. The van der Waals surface area contributed by atoms with Crippen LogP contribution in [-0.4, -0.2) is 31.7 Å². The largest absolute Gasteiger partial charge is 0.348 e. The van der Waals surface area contributed by atoms with Crippen molar-refractivity contribution in [1.82, 2.24) is 9.62 Å². The number of benzene rings is 2. The van der Waals surface area contributed by atoms with E-state index in [9.17, 15) is 17.6 Å². The Balaban J connectivity index is 2.26. The van der Waals surface area contributed by atoms with Gasteiger partial charge in [-0.1, -0.05) is 38.1 Å². The fraction of sp³-hybridized carbons (Fsp3) is 0.316. The molecule has 7 heteroatoms. The molecular formula is C19H23FN2O3S. The van der Waals surface area contributed by atoms with Gasteiger partial charge in [-0.2, -0.15) is 4.31 Å². The van der Waals surface area contributed by atoms with Gasteiger partial charge in [-0.15, -0.1) is 0 Å². The van der Waals surface area contributed by atoms with Gasteiger partial charge in [-0.25, -0.2) is 12.8 Å². The van der Waals surface area contributed by atoms with E-state index in [4.69, 9.17) is 0 Å². The molecule has 0 saturated carbocycles. The summed E-state index contributed by atoms with van der Waals surface area (Å²) in [6.45, 7) is 5.95. The summed E-state index contributed by atoms with van der Waals surface area (Å²) in [5.74, 6) is -0.856. The van der Waals surface area contributed by atoms with E-state index in [2.05, 4.69) is 5.32 Å². The first-order chi connectivity index (χ1) is 12.3. The third kappa shape index (κ3) is 4.28. The Morgan fingerprint density at radius 1 is 1.12 bits per heavy atom. The minimum atomic E-state index is -3.67. The first-order valence-electron chi connectivity index (χ1n) is 8.43. The maximum Gasteiger partial charge on any atom is 0.251 e. The number of hydrogen-bond donors (Lipinski definition) is 1. The highest BCUT2D eigenvalue weighted by Crippen LogP contribution is 2.21. The second-order valence-corrected chi connectivity index (χ2v) is 7.75. The van der Waals surface area contributed by atoms with Crippen molar-refractivity contribution in [2.75, 3.05) is 13.1 Å². The molecule has 2 aromatic rings. The van der Waals surface area contributed by atoms with E-state index in [0.717, 1.165) is 0 Å². The number of aryl methyl sites for hydroxylation is 1. The molecule has 0 spiro atoms. The highest BCUT2D eigenvalue weighted by Gasteiger charge is 2.24. The second-order valence-electron chi connectivity index (χ2n) is 5.84. The maximum absolute atomic E-state index is 13.6. The lowest BCUT2D eigenvalue weighted by molar-refractivity contribution is 0.0950. The lowest BCUT2D eigenvalue weighted by atomic mass is 10.1. The predicted molar refractivity (Wildman–Crippen MR) is 98.9 cm³/mol. The Kier molecular flexibility index (Phi) is 6.50. The van der Waals surface area contributed by atoms with Crippen LogP contribution in [0.2, 0.25) is 0 Å². The van der Waals surface area contributed by atoms with E-state index >= 15 is 0 Å². The van der Waals surface area contributed by atoms with E-state index in [1.165, 1.54) is 16.4 Å². The number of nitrogens with zero attached hydrogens (tertiary/aromatic N) is 1. The summed E-state index contributed by atoms with van der Waals surface area (Å²) in [6.07, 6.45) is 0. The van der Waals surface area contributed by atoms with Gasteiger partial charge >= 0.3 is 0 Å². The minimum absolute atomic E-state index is 0.0253. The molecule has 0 bridgehead atoms. The lowest BCUT2D eigenvalue weighted by Crippen LogP contribution is -2.31. The third-order valence-corrected chi connectivity index (χ3v) is 6.36. The molecule has 0 unspecified atom stereocenters. The van der Waals surface area contributed by atoms with Crippen LogP contribution in [-0.2, 0) is 16.6 Å². The molecule has 0 aromatic heterocycles. The molecule has 140 valence electrons. The van der Waals surface area contributed by atoms with E-state index in [-0.39, 0.29) is 17.0 Å². The van der Waals surface area contributed by atoms with Crippen molar-refractivity contribution in [3.8, 4) is 0 Å². The molecule has 1 amide bonds. The molecule has 2 aromatic carbocycles. The fourth-order valence-corrected chi connectivity index (χ4v) is 4.35. The molecule has 0 fully saturated rings. The topological polar surface area (TPSA) is 66.5 Å². The lowest BCUT2D eigenvalue weighted by Gasteiger charge is -2.20. The average molecular weight is 378 g/mol. The molecule has 0 saturated heterocycles. The van der Waals surface area contributed by atoms with Crippen molar-refractivity contribution in [1.29, 1.82) is 0 Å². The second kappa shape index (κ2) is 8.42. The zero-order chi connectivity index (χ0) is 19.3. The number of sulfonamides is 1. The van der Waals surface area contributed by atoms with Gasteiger partial charge in [0.1, 0.15) is 5.82 Å². The Hall–Kier alpha value is -2.25. The van der Waals surface area contributed by atoms with Crippen LogP contribution >= 0.6 is 0 Å². The minimum Gasteiger partial charge on any atom is -0.348 e. The van der Waals surface area contributed by atoms with E-state index in [1.54, 1.807) is 51.1 Å². The fourth-order valence-electron chi connectivity index (χ4n) is 2.64. The Morgan fingerprint density at radius 3 is 2.38 bits per heavy atom. The van der Waals surface area contributed by atoms with Crippen LogP contribution in [0.5, 0.6) is 0 Å². The average Bonchev–Trinajstić information content (AvgIpc) is 2.61. The highest BCUT2D eigenvalue weighted by molar-refractivity contribution is 7.89. The third-order valence-electron chi connectivity index (χ3n) is 4.17. The first kappa shape index (κ1) is 20.1. The van der Waals surface area contributed by atoms with Crippen molar-refractivity contribution in [2.45, 2.75) is 32.2 Å². The van der Waals surface area contributed by atoms with Crippen molar-refractivity contribution in [3.05, 3.63) is 65.0 Å². The summed E-state index contributed by atoms with van der Waals surface area (Å²) in [5.41, 5.74) is 1.16. The van der Waals surface area contributed by atoms with Gasteiger partial charge in [0.25, 0.3) is 5.91 Å². The van der Waals surface area contributed by atoms with Crippen LogP contribution in [0.3, 0.4) is 0 Å². The molecule has 5 nitrogen and oxygen atoms in total. The maximum atomic E-state index is 13.6. The molecular weight excluding hydrogens is 355 g/mol. The van der Waals surface area contributed by atoms with E-state index in [0.29, 0.717) is 24.2 Å². The summed E-state index contributed by atoms with van der Waals surface area (Å²) in [5, 5.41) is 2.62. The number of carbonyl (C=O) groups is 1. The number of hydrogen-bond acceptors (Lipinski definition) is 3. The van der Waals surface area contributed by atoms with Gasteiger partial charge in [0.15, 0.2) is 0 Å². The standard InChI is InChI=1S/C19H23FN2O3S/c1-4-22(5-2)26(24,25)18-12-15(11-10-14(18)3)19(23)21-13-16-8-6-7-9-17(16)20/h6-12H,4-5,13H2,1-3H3,(H,21,23). The molecule has 0 heterocycles. The zero-order valence-electron chi connectivity index (χ0n) is 15.1. The number of rotatable bonds is 7. The summed E-state index contributed by atoms with van der Waals surface area (Å²) in [6, 6.07) is 10.7. The van der Waals surface area contributed by atoms with Crippen molar-refractivity contribution < 1.29 is 17.6 Å². The van der Waals surface area contributed by atoms with Crippen LogP contribution in [0.25, 0.3) is 0 Å².